The molecule has 0 spiro atoms. The van der Waals surface area contributed by atoms with Crippen LogP contribution in [0.2, 0.25) is 0 Å². The summed E-state index contributed by atoms with van der Waals surface area (Å²) in [7, 11) is 0. The molecule has 0 heterocycles. The Labute approximate surface area is 73.5 Å². The molecule has 0 unspecified atom stereocenters. The number of carbonyl (C=O) groups excluding carboxylic acids is 1. The van der Waals surface area contributed by atoms with Gasteiger partial charge in [-0.05, 0) is 26.2 Å². The fourth-order valence-electron chi connectivity index (χ4n) is 1.13. The number of esters is 1. The van der Waals surface area contributed by atoms with Gasteiger partial charge >= 0.3 is 5.97 Å². The van der Waals surface area contributed by atoms with Gasteiger partial charge in [0.05, 0.1) is 6.61 Å². The Hall–Kier alpha value is -0.570. The van der Waals surface area contributed by atoms with E-state index in [1.165, 1.54) is 12.8 Å². The average molecular weight is 171 g/mol. The van der Waals surface area contributed by atoms with Crippen molar-refractivity contribution in [1.29, 1.82) is 0 Å². The van der Waals surface area contributed by atoms with Crippen LogP contribution in [0, 0.1) is 0 Å². The summed E-state index contributed by atoms with van der Waals surface area (Å²) >= 11 is 0. The fraction of sp³-hybridized carbons (Fsp3) is 0.889. The second kappa shape index (κ2) is 4.45. The largest absolute Gasteiger partial charge is 0.465 e. The second-order valence-electron chi connectivity index (χ2n) is 3.15. The van der Waals surface area contributed by atoms with Gasteiger partial charge < -0.3 is 10.1 Å². The van der Waals surface area contributed by atoms with E-state index in [1.807, 2.05) is 13.8 Å². The lowest BCUT2D eigenvalue weighted by Gasteiger charge is -2.14. The highest BCUT2D eigenvalue weighted by molar-refractivity contribution is 5.75. The first-order valence-corrected chi connectivity index (χ1v) is 4.70. The van der Waals surface area contributed by atoms with Gasteiger partial charge in [0.2, 0.25) is 0 Å². The number of nitrogens with one attached hydrogen (secondary N) is 1. The van der Waals surface area contributed by atoms with Crippen molar-refractivity contribution in [2.45, 2.75) is 45.2 Å². The van der Waals surface area contributed by atoms with Gasteiger partial charge in [0, 0.05) is 6.04 Å². The van der Waals surface area contributed by atoms with Crippen molar-refractivity contribution >= 4 is 5.97 Å². The van der Waals surface area contributed by atoms with Gasteiger partial charge in [-0.1, -0.05) is 6.92 Å². The zero-order chi connectivity index (χ0) is 8.97. The summed E-state index contributed by atoms with van der Waals surface area (Å²) in [6.45, 7) is 4.31. The van der Waals surface area contributed by atoms with Crippen molar-refractivity contribution in [3.8, 4) is 0 Å². The summed E-state index contributed by atoms with van der Waals surface area (Å²) in [6.07, 6.45) is 3.22. The minimum atomic E-state index is -0.105. The normalized spacial score (nSPS) is 18.8. The molecular weight excluding hydrogens is 154 g/mol. The van der Waals surface area contributed by atoms with Crippen molar-refractivity contribution in [2.75, 3.05) is 6.61 Å². The van der Waals surface area contributed by atoms with Crippen LogP contribution < -0.4 is 5.32 Å². The lowest BCUT2D eigenvalue weighted by atomic mass is 10.2. The van der Waals surface area contributed by atoms with Gasteiger partial charge in [0.25, 0.3) is 0 Å². The molecule has 0 radical (unpaired) electrons. The summed E-state index contributed by atoms with van der Waals surface area (Å²) in [4.78, 5) is 11.3. The van der Waals surface area contributed by atoms with E-state index >= 15 is 0 Å². The second-order valence-corrected chi connectivity index (χ2v) is 3.15. The van der Waals surface area contributed by atoms with E-state index in [0.29, 0.717) is 12.6 Å². The molecule has 12 heavy (non-hydrogen) atoms. The van der Waals surface area contributed by atoms with Gasteiger partial charge in [-0.15, -0.1) is 0 Å². The Kier molecular flexibility index (Phi) is 3.53. The number of hydrogen-bond acceptors (Lipinski definition) is 3. The van der Waals surface area contributed by atoms with Crippen molar-refractivity contribution in [3.63, 3.8) is 0 Å². The zero-order valence-corrected chi connectivity index (χ0v) is 7.80. The molecule has 3 nitrogen and oxygen atoms in total. The smallest absolute Gasteiger partial charge is 0.323 e. The van der Waals surface area contributed by atoms with Crippen LogP contribution in [0.3, 0.4) is 0 Å². The van der Waals surface area contributed by atoms with Crippen molar-refractivity contribution < 1.29 is 9.53 Å². The highest BCUT2D eigenvalue weighted by atomic mass is 16.5. The molecule has 1 saturated carbocycles. The predicted molar refractivity (Wildman–Crippen MR) is 46.9 cm³/mol. The van der Waals surface area contributed by atoms with E-state index in [2.05, 4.69) is 5.32 Å². The van der Waals surface area contributed by atoms with Gasteiger partial charge in [-0.2, -0.15) is 0 Å². The molecule has 70 valence electrons. The van der Waals surface area contributed by atoms with E-state index in [0.717, 1.165) is 6.42 Å². The summed E-state index contributed by atoms with van der Waals surface area (Å²) in [5.74, 6) is -0.105. The maximum atomic E-state index is 11.3. The Morgan fingerprint density at radius 2 is 2.25 bits per heavy atom. The van der Waals surface area contributed by atoms with Crippen LogP contribution in [0.4, 0.5) is 0 Å². The van der Waals surface area contributed by atoms with Crippen molar-refractivity contribution in [2.24, 2.45) is 0 Å². The SMILES string of the molecule is CCOC(=O)[C@H](CC)NC1CC1. The maximum absolute atomic E-state index is 11.3. The molecular formula is C9H17NO2. The minimum Gasteiger partial charge on any atom is -0.465 e. The van der Waals surface area contributed by atoms with E-state index < -0.39 is 0 Å². The van der Waals surface area contributed by atoms with E-state index in [-0.39, 0.29) is 12.0 Å². The Morgan fingerprint density at radius 3 is 2.67 bits per heavy atom. The first kappa shape index (κ1) is 9.52. The molecule has 0 aliphatic heterocycles. The monoisotopic (exact) mass is 171 g/mol. The molecule has 0 aromatic carbocycles. The van der Waals surface area contributed by atoms with Gasteiger partial charge in [-0.3, -0.25) is 4.79 Å². The lowest BCUT2D eigenvalue weighted by molar-refractivity contribution is -0.145. The van der Waals surface area contributed by atoms with E-state index in [9.17, 15) is 4.79 Å². The first-order chi connectivity index (χ1) is 5.77. The van der Waals surface area contributed by atoms with Crippen LogP contribution in [0.5, 0.6) is 0 Å². The highest BCUT2D eigenvalue weighted by Crippen LogP contribution is 2.20. The van der Waals surface area contributed by atoms with Crippen LogP contribution in [0.15, 0.2) is 0 Å². The highest BCUT2D eigenvalue weighted by Gasteiger charge is 2.27. The quantitative estimate of drug-likeness (QED) is 0.629. The van der Waals surface area contributed by atoms with Crippen molar-refractivity contribution in [1.82, 2.24) is 5.32 Å². The summed E-state index contributed by atoms with van der Waals surface area (Å²) in [6, 6.07) is 0.483. The minimum absolute atomic E-state index is 0.0857. The summed E-state index contributed by atoms with van der Waals surface area (Å²) < 4.78 is 4.92. The molecule has 0 amide bonds. The number of hydrogen-bond donors (Lipinski definition) is 1. The molecule has 0 aromatic heterocycles. The molecule has 1 fully saturated rings. The van der Waals surface area contributed by atoms with Gasteiger partial charge in [-0.25, -0.2) is 0 Å². The van der Waals surface area contributed by atoms with Crippen molar-refractivity contribution in [3.05, 3.63) is 0 Å². The van der Waals surface area contributed by atoms with Gasteiger partial charge in [0.1, 0.15) is 6.04 Å². The van der Waals surface area contributed by atoms with Crippen LogP contribution in [0.1, 0.15) is 33.1 Å². The van der Waals surface area contributed by atoms with Crippen LogP contribution in [-0.2, 0) is 9.53 Å². The predicted octanol–water partition coefficient (Wildman–Crippen LogP) is 1.08. The van der Waals surface area contributed by atoms with Crippen LogP contribution >= 0.6 is 0 Å². The third-order valence-corrected chi connectivity index (χ3v) is 1.99. The molecule has 1 N–H and O–H groups in total. The molecule has 0 bridgehead atoms. The summed E-state index contributed by atoms with van der Waals surface area (Å²) in [5, 5.41) is 3.25. The Balaban J connectivity index is 2.26. The average Bonchev–Trinajstić information content (AvgIpc) is 2.84. The third-order valence-electron chi connectivity index (χ3n) is 1.99. The van der Waals surface area contributed by atoms with Crippen LogP contribution in [-0.4, -0.2) is 24.7 Å². The van der Waals surface area contributed by atoms with E-state index in [4.69, 9.17) is 4.74 Å². The molecule has 3 heteroatoms. The van der Waals surface area contributed by atoms with E-state index in [1.54, 1.807) is 0 Å². The lowest BCUT2D eigenvalue weighted by Crippen LogP contribution is -2.38. The molecule has 1 atom stereocenters. The number of carbonyl (C=O) groups is 1. The third kappa shape index (κ3) is 2.81. The zero-order valence-electron chi connectivity index (χ0n) is 7.80. The fourth-order valence-corrected chi connectivity index (χ4v) is 1.13. The number of rotatable bonds is 5. The van der Waals surface area contributed by atoms with Gasteiger partial charge in [0.15, 0.2) is 0 Å². The standard InChI is InChI=1S/C9H17NO2/c1-3-8(9(11)12-4-2)10-7-5-6-7/h7-8,10H,3-6H2,1-2H3/t8-/m0/s1. The molecule has 1 aliphatic carbocycles. The first-order valence-electron chi connectivity index (χ1n) is 4.70. The topological polar surface area (TPSA) is 38.3 Å². The number of ether oxygens (including phenoxy) is 1. The molecule has 0 aromatic rings. The Morgan fingerprint density at radius 1 is 1.58 bits per heavy atom. The maximum Gasteiger partial charge on any atom is 0.323 e. The summed E-state index contributed by atoms with van der Waals surface area (Å²) in [5.41, 5.74) is 0. The molecule has 1 rings (SSSR count). The van der Waals surface area contributed by atoms with Crippen LogP contribution in [0.25, 0.3) is 0 Å². The molecule has 1 aliphatic rings. The Bertz CT molecular complexity index is 155. The molecule has 0 saturated heterocycles.